The lowest BCUT2D eigenvalue weighted by Gasteiger charge is -2.30. The smallest absolute Gasteiger partial charge is 0.0514 e. The van der Waals surface area contributed by atoms with Crippen molar-refractivity contribution >= 4 is 55.6 Å². The third kappa shape index (κ3) is 6.44. The van der Waals surface area contributed by atoms with E-state index in [0.29, 0.717) is 0 Å². The van der Waals surface area contributed by atoms with E-state index in [1.54, 1.807) is 0 Å². The van der Waals surface area contributed by atoms with Gasteiger partial charge in [-0.15, -0.1) is 0 Å². The highest BCUT2D eigenvalue weighted by Crippen LogP contribution is 2.42. The molecule has 0 fully saturated rings. The van der Waals surface area contributed by atoms with Crippen molar-refractivity contribution in [2.24, 2.45) is 0 Å². The van der Waals surface area contributed by atoms with Gasteiger partial charge in [-0.2, -0.15) is 0 Å². The lowest BCUT2D eigenvalue weighted by molar-refractivity contribution is 1.09. The molecule has 0 unspecified atom stereocenters. The lowest BCUT2D eigenvalue weighted by Crippen LogP contribution is -2.19. The van der Waals surface area contributed by atoms with Gasteiger partial charge in [0.1, 0.15) is 0 Å². The number of benzene rings is 8. The summed E-state index contributed by atoms with van der Waals surface area (Å²) in [5.41, 5.74) is 12.4. The van der Waals surface area contributed by atoms with Crippen LogP contribution in [0.25, 0.3) is 49.4 Å². The van der Waals surface area contributed by atoms with E-state index in [2.05, 4.69) is 223 Å². The van der Waals surface area contributed by atoms with Crippen molar-refractivity contribution < 1.29 is 0 Å². The molecule has 8 aromatic carbocycles. The van der Waals surface area contributed by atoms with Crippen LogP contribution in [-0.2, 0) is 0 Å². The van der Waals surface area contributed by atoms with Gasteiger partial charge in [0.05, 0.1) is 5.69 Å². The van der Waals surface area contributed by atoms with Crippen LogP contribution in [0.5, 0.6) is 0 Å². The standard InChI is InChI=1S/C51H38N2/c1-37-12-4-3-11-33-52(46-17-5-2-6-18-46)51-36-49(31-32-50(37)51)53(47-27-23-40(24-28-47)44-21-19-38-13-7-9-15-42(38)34-44)48-29-25-41(26-30-48)45-22-20-39-14-8-10-16-43(39)35-45/h2-32,34-36H,1,33H2/b11-3-,12-4-. The molecule has 1 aliphatic rings. The Labute approximate surface area is 311 Å². The zero-order valence-corrected chi connectivity index (χ0v) is 29.4. The fraction of sp³-hybridized carbons (Fsp3) is 0.0196. The van der Waals surface area contributed by atoms with Gasteiger partial charge in [-0.05, 0) is 110 Å². The lowest BCUT2D eigenvalue weighted by atomic mass is 9.99. The molecular formula is C51H38N2. The van der Waals surface area contributed by atoms with Gasteiger partial charge in [-0.25, -0.2) is 0 Å². The van der Waals surface area contributed by atoms with Gasteiger partial charge in [0.2, 0.25) is 0 Å². The molecule has 0 saturated heterocycles. The Balaban J connectivity index is 1.16. The van der Waals surface area contributed by atoms with E-state index in [-0.39, 0.29) is 0 Å². The van der Waals surface area contributed by atoms with Crippen LogP contribution in [-0.4, -0.2) is 6.54 Å². The molecule has 252 valence electrons. The van der Waals surface area contributed by atoms with Crippen molar-refractivity contribution in [1.82, 2.24) is 0 Å². The first-order valence-corrected chi connectivity index (χ1v) is 18.2. The van der Waals surface area contributed by atoms with E-state index < -0.39 is 0 Å². The largest absolute Gasteiger partial charge is 0.337 e. The zero-order chi connectivity index (χ0) is 35.6. The monoisotopic (exact) mass is 678 g/mol. The first-order valence-electron chi connectivity index (χ1n) is 18.2. The van der Waals surface area contributed by atoms with Gasteiger partial charge in [-0.3, -0.25) is 0 Å². The Morgan fingerprint density at radius 1 is 0.434 bits per heavy atom. The average molecular weight is 679 g/mol. The number of fused-ring (bicyclic) bond motifs is 3. The van der Waals surface area contributed by atoms with Gasteiger partial charge in [0.25, 0.3) is 0 Å². The van der Waals surface area contributed by atoms with Gasteiger partial charge in [0, 0.05) is 34.9 Å². The van der Waals surface area contributed by atoms with Gasteiger partial charge >= 0.3 is 0 Å². The molecule has 0 spiro atoms. The first-order chi connectivity index (χ1) is 26.2. The van der Waals surface area contributed by atoms with Crippen molar-refractivity contribution in [3.05, 3.63) is 218 Å². The normalized spacial score (nSPS) is 13.9. The summed E-state index contributed by atoms with van der Waals surface area (Å²) in [7, 11) is 0. The van der Waals surface area contributed by atoms with Crippen LogP contribution in [0.3, 0.4) is 0 Å². The minimum atomic E-state index is 0.735. The molecule has 0 aliphatic carbocycles. The molecule has 0 aromatic heterocycles. The molecule has 1 aliphatic heterocycles. The van der Waals surface area contributed by atoms with Crippen LogP contribution in [0.4, 0.5) is 28.4 Å². The molecule has 0 amide bonds. The van der Waals surface area contributed by atoms with Crippen molar-refractivity contribution in [1.29, 1.82) is 0 Å². The number of hydrogen-bond acceptors (Lipinski definition) is 2. The molecule has 0 radical (unpaired) electrons. The maximum atomic E-state index is 4.47. The van der Waals surface area contributed by atoms with Crippen molar-refractivity contribution in [3.8, 4) is 22.3 Å². The highest BCUT2D eigenvalue weighted by Gasteiger charge is 2.20. The molecule has 0 saturated carbocycles. The topological polar surface area (TPSA) is 6.48 Å². The fourth-order valence-electron chi connectivity index (χ4n) is 7.40. The minimum Gasteiger partial charge on any atom is -0.337 e. The highest BCUT2D eigenvalue weighted by molar-refractivity contribution is 5.91. The number of para-hydroxylation sites is 1. The van der Waals surface area contributed by atoms with Crippen LogP contribution >= 0.6 is 0 Å². The molecule has 8 aromatic rings. The Bertz CT molecular complexity index is 2530. The van der Waals surface area contributed by atoms with Crippen LogP contribution < -0.4 is 9.80 Å². The maximum Gasteiger partial charge on any atom is 0.0514 e. The van der Waals surface area contributed by atoms with Gasteiger partial charge in [-0.1, -0.05) is 152 Å². The summed E-state index contributed by atoms with van der Waals surface area (Å²) in [5, 5.41) is 4.99. The summed E-state index contributed by atoms with van der Waals surface area (Å²) < 4.78 is 0. The summed E-state index contributed by atoms with van der Waals surface area (Å²) in [6.07, 6.45) is 8.48. The second-order valence-corrected chi connectivity index (χ2v) is 13.5. The SMILES string of the molecule is C=C1/C=C\C=C/CN(c2ccccc2)c2cc(N(c3ccc(-c4ccc5ccccc5c4)cc3)c3ccc(-c4ccc5ccccc5c4)cc3)ccc21. The average Bonchev–Trinajstić information content (AvgIpc) is 3.30. The number of nitrogens with zero attached hydrogens (tertiary/aromatic N) is 2. The quantitative estimate of drug-likeness (QED) is 0.173. The summed E-state index contributed by atoms with van der Waals surface area (Å²) in [6.45, 7) is 5.21. The number of hydrogen-bond donors (Lipinski definition) is 0. The molecule has 0 bridgehead atoms. The van der Waals surface area contributed by atoms with E-state index in [0.717, 1.165) is 46.1 Å². The second kappa shape index (κ2) is 14.0. The van der Waals surface area contributed by atoms with E-state index in [9.17, 15) is 0 Å². The van der Waals surface area contributed by atoms with Crippen LogP contribution in [0.15, 0.2) is 213 Å². The van der Waals surface area contributed by atoms with Crippen molar-refractivity contribution in [3.63, 3.8) is 0 Å². The van der Waals surface area contributed by atoms with E-state index >= 15 is 0 Å². The Kier molecular flexibility index (Phi) is 8.47. The summed E-state index contributed by atoms with van der Waals surface area (Å²) in [4.78, 5) is 4.73. The number of anilines is 5. The Hall–Kier alpha value is -6.90. The molecule has 9 rings (SSSR count). The van der Waals surface area contributed by atoms with E-state index in [1.807, 2.05) is 0 Å². The van der Waals surface area contributed by atoms with Crippen LogP contribution in [0.1, 0.15) is 5.56 Å². The third-order valence-electron chi connectivity index (χ3n) is 10.2. The second-order valence-electron chi connectivity index (χ2n) is 13.5. The predicted molar refractivity (Wildman–Crippen MR) is 228 cm³/mol. The van der Waals surface area contributed by atoms with Crippen LogP contribution in [0, 0.1) is 0 Å². The Morgan fingerprint density at radius 2 is 0.943 bits per heavy atom. The van der Waals surface area contributed by atoms with Gasteiger partial charge < -0.3 is 9.80 Å². The molecule has 2 nitrogen and oxygen atoms in total. The first kappa shape index (κ1) is 32.0. The molecule has 53 heavy (non-hydrogen) atoms. The molecule has 1 heterocycles. The predicted octanol–water partition coefficient (Wildman–Crippen LogP) is 14.1. The third-order valence-corrected chi connectivity index (χ3v) is 10.2. The highest BCUT2D eigenvalue weighted by atomic mass is 15.2. The van der Waals surface area contributed by atoms with E-state index in [4.69, 9.17) is 0 Å². The zero-order valence-electron chi connectivity index (χ0n) is 29.4. The minimum absolute atomic E-state index is 0.735. The Morgan fingerprint density at radius 3 is 1.53 bits per heavy atom. The number of rotatable bonds is 6. The maximum absolute atomic E-state index is 4.47. The molecular weight excluding hydrogens is 641 g/mol. The fourth-order valence-corrected chi connectivity index (χ4v) is 7.40. The molecule has 0 N–H and O–H groups in total. The van der Waals surface area contributed by atoms with Crippen LogP contribution in [0.2, 0.25) is 0 Å². The summed E-state index contributed by atoms with van der Waals surface area (Å²) in [6, 6.07) is 65.7. The van der Waals surface area contributed by atoms with Gasteiger partial charge in [0.15, 0.2) is 0 Å². The summed E-state index contributed by atoms with van der Waals surface area (Å²) in [5.74, 6) is 0. The summed E-state index contributed by atoms with van der Waals surface area (Å²) >= 11 is 0. The molecule has 2 heteroatoms. The molecule has 0 atom stereocenters. The van der Waals surface area contributed by atoms with Crippen molar-refractivity contribution in [2.45, 2.75) is 0 Å². The van der Waals surface area contributed by atoms with Crippen molar-refractivity contribution in [2.75, 3.05) is 16.3 Å². The number of allylic oxidation sites excluding steroid dienone is 4. The van der Waals surface area contributed by atoms with E-state index in [1.165, 1.54) is 43.8 Å².